The molecule has 0 aliphatic heterocycles. The van der Waals surface area contributed by atoms with Crippen LogP contribution in [-0.2, 0) is 0 Å². The Kier molecular flexibility index (Phi) is 2.10. The monoisotopic (exact) mass is 203 g/mol. The largest absolute Gasteiger partial charge is 0.305 e. The number of nitriles is 1. The summed E-state index contributed by atoms with van der Waals surface area (Å²) in [6.45, 7) is 0. The molecule has 0 saturated heterocycles. The first-order valence-electron chi connectivity index (χ1n) is 4.18. The fraction of sp³-hybridized carbons (Fsp3) is 0. The minimum atomic E-state index is -0.584. The average molecular weight is 203 g/mol. The summed E-state index contributed by atoms with van der Waals surface area (Å²) in [6, 6.07) is 5.79. The molecule has 1 heterocycles. The van der Waals surface area contributed by atoms with Crippen LogP contribution in [0.5, 0.6) is 0 Å². The van der Waals surface area contributed by atoms with E-state index < -0.39 is 11.4 Å². The SMILES string of the molecule is N#Cc1ccc(-c2c[nH][nH]c2=O)c(F)c1. The van der Waals surface area contributed by atoms with Gasteiger partial charge in [0.25, 0.3) is 5.56 Å². The van der Waals surface area contributed by atoms with Gasteiger partial charge in [0.1, 0.15) is 5.82 Å². The van der Waals surface area contributed by atoms with Crippen molar-refractivity contribution in [3.63, 3.8) is 0 Å². The van der Waals surface area contributed by atoms with Crippen molar-refractivity contribution in [1.29, 1.82) is 5.26 Å². The second kappa shape index (κ2) is 3.42. The van der Waals surface area contributed by atoms with Gasteiger partial charge >= 0.3 is 0 Å². The van der Waals surface area contributed by atoms with Crippen LogP contribution in [0.25, 0.3) is 11.1 Å². The summed E-state index contributed by atoms with van der Waals surface area (Å²) in [7, 11) is 0. The molecule has 0 fully saturated rings. The Morgan fingerprint density at radius 3 is 2.67 bits per heavy atom. The zero-order chi connectivity index (χ0) is 10.8. The summed E-state index contributed by atoms with van der Waals surface area (Å²) in [5.41, 5.74) is 0.232. The minimum Gasteiger partial charge on any atom is -0.305 e. The third-order valence-electron chi connectivity index (χ3n) is 2.04. The topological polar surface area (TPSA) is 72.4 Å². The van der Waals surface area contributed by atoms with Crippen molar-refractivity contribution in [1.82, 2.24) is 10.2 Å². The summed E-state index contributed by atoms with van der Waals surface area (Å²) in [5.74, 6) is -0.584. The Balaban J connectivity index is 2.61. The van der Waals surface area contributed by atoms with Crippen molar-refractivity contribution in [2.75, 3.05) is 0 Å². The van der Waals surface area contributed by atoms with E-state index in [-0.39, 0.29) is 16.7 Å². The zero-order valence-electron chi connectivity index (χ0n) is 7.54. The van der Waals surface area contributed by atoms with Gasteiger partial charge in [-0.15, -0.1) is 0 Å². The molecule has 15 heavy (non-hydrogen) atoms. The van der Waals surface area contributed by atoms with Gasteiger partial charge in [0.15, 0.2) is 0 Å². The van der Waals surface area contributed by atoms with E-state index in [2.05, 4.69) is 10.2 Å². The highest BCUT2D eigenvalue weighted by atomic mass is 19.1. The summed E-state index contributed by atoms with van der Waals surface area (Å²) in [5, 5.41) is 13.3. The lowest BCUT2D eigenvalue weighted by Gasteiger charge is -1.98. The lowest BCUT2D eigenvalue weighted by Crippen LogP contribution is -2.02. The van der Waals surface area contributed by atoms with Crippen molar-refractivity contribution in [2.45, 2.75) is 0 Å². The zero-order valence-corrected chi connectivity index (χ0v) is 7.54. The van der Waals surface area contributed by atoms with Crippen molar-refractivity contribution >= 4 is 0 Å². The summed E-state index contributed by atoms with van der Waals surface area (Å²) in [6.07, 6.45) is 1.38. The molecule has 2 rings (SSSR count). The first-order chi connectivity index (χ1) is 7.22. The van der Waals surface area contributed by atoms with Gasteiger partial charge in [-0.05, 0) is 18.2 Å². The predicted molar refractivity (Wildman–Crippen MR) is 51.5 cm³/mol. The second-order valence-corrected chi connectivity index (χ2v) is 2.96. The van der Waals surface area contributed by atoms with E-state index in [1.165, 1.54) is 18.3 Å². The lowest BCUT2D eigenvalue weighted by molar-refractivity contribution is 0.630. The number of aromatic nitrogens is 2. The summed E-state index contributed by atoms with van der Waals surface area (Å²) in [4.78, 5) is 11.2. The van der Waals surface area contributed by atoms with Gasteiger partial charge in [0.05, 0.1) is 17.2 Å². The van der Waals surface area contributed by atoms with Crippen LogP contribution in [0.15, 0.2) is 29.2 Å². The second-order valence-electron chi connectivity index (χ2n) is 2.96. The molecule has 0 aliphatic rings. The van der Waals surface area contributed by atoms with Gasteiger partial charge in [-0.3, -0.25) is 9.89 Å². The summed E-state index contributed by atoms with van der Waals surface area (Å²) >= 11 is 0. The number of aromatic amines is 2. The molecular weight excluding hydrogens is 197 g/mol. The van der Waals surface area contributed by atoms with Gasteiger partial charge in [0.2, 0.25) is 0 Å². The molecule has 0 unspecified atom stereocenters. The smallest absolute Gasteiger partial charge is 0.271 e. The van der Waals surface area contributed by atoms with E-state index >= 15 is 0 Å². The summed E-state index contributed by atoms with van der Waals surface area (Å²) < 4.78 is 13.5. The number of rotatable bonds is 1. The molecule has 2 N–H and O–H groups in total. The Hall–Kier alpha value is -2.35. The number of halogens is 1. The fourth-order valence-electron chi connectivity index (χ4n) is 1.31. The Bertz CT molecular complexity index is 591. The maximum atomic E-state index is 13.5. The average Bonchev–Trinajstić information content (AvgIpc) is 2.64. The van der Waals surface area contributed by atoms with E-state index in [9.17, 15) is 9.18 Å². The van der Waals surface area contributed by atoms with Crippen LogP contribution in [0.1, 0.15) is 5.56 Å². The van der Waals surface area contributed by atoms with Crippen molar-refractivity contribution in [3.05, 3.63) is 46.1 Å². The predicted octanol–water partition coefficient (Wildman–Crippen LogP) is 1.38. The molecule has 0 saturated carbocycles. The van der Waals surface area contributed by atoms with Crippen LogP contribution in [-0.4, -0.2) is 10.2 Å². The molecule has 1 aromatic heterocycles. The quantitative estimate of drug-likeness (QED) is 0.734. The molecule has 0 atom stereocenters. The van der Waals surface area contributed by atoms with E-state index in [0.29, 0.717) is 0 Å². The first kappa shape index (κ1) is 9.21. The van der Waals surface area contributed by atoms with Crippen LogP contribution in [0.2, 0.25) is 0 Å². The molecule has 0 amide bonds. The molecule has 74 valence electrons. The van der Waals surface area contributed by atoms with E-state index in [1.807, 2.05) is 6.07 Å². The molecule has 0 aliphatic carbocycles. The Morgan fingerprint density at radius 1 is 1.33 bits per heavy atom. The number of hydrogen-bond donors (Lipinski definition) is 2. The first-order valence-corrected chi connectivity index (χ1v) is 4.18. The van der Waals surface area contributed by atoms with Crippen LogP contribution in [0, 0.1) is 17.1 Å². The molecule has 2 aromatic rings. The van der Waals surface area contributed by atoms with Crippen LogP contribution in [0.3, 0.4) is 0 Å². The molecule has 1 aromatic carbocycles. The highest BCUT2D eigenvalue weighted by molar-refractivity contribution is 5.63. The molecule has 0 bridgehead atoms. The normalized spacial score (nSPS) is 9.87. The molecule has 0 spiro atoms. The van der Waals surface area contributed by atoms with Gasteiger partial charge in [0, 0.05) is 11.8 Å². The van der Waals surface area contributed by atoms with Gasteiger partial charge in [-0.1, -0.05) is 0 Å². The van der Waals surface area contributed by atoms with Gasteiger partial charge < -0.3 is 5.10 Å². The molecular formula is C10H6FN3O. The minimum absolute atomic E-state index is 0.177. The number of benzene rings is 1. The number of nitrogens with zero attached hydrogens (tertiary/aromatic N) is 1. The molecule has 0 radical (unpaired) electrons. The molecule has 5 heteroatoms. The van der Waals surface area contributed by atoms with Gasteiger partial charge in [-0.25, -0.2) is 4.39 Å². The standard InChI is InChI=1S/C10H6FN3O/c11-9-3-6(4-12)1-2-7(9)8-5-13-14-10(8)15/h1-3,5H,(H2,13,14,15). The third-order valence-corrected chi connectivity index (χ3v) is 2.04. The van der Waals surface area contributed by atoms with Gasteiger partial charge in [-0.2, -0.15) is 5.26 Å². The maximum absolute atomic E-state index is 13.5. The lowest BCUT2D eigenvalue weighted by atomic mass is 10.1. The van der Waals surface area contributed by atoms with E-state index in [0.717, 1.165) is 6.07 Å². The number of hydrogen-bond acceptors (Lipinski definition) is 2. The maximum Gasteiger partial charge on any atom is 0.271 e. The number of H-pyrrole nitrogens is 2. The van der Waals surface area contributed by atoms with Crippen molar-refractivity contribution < 1.29 is 4.39 Å². The Labute approximate surface area is 84.0 Å². The fourth-order valence-corrected chi connectivity index (χ4v) is 1.31. The van der Waals surface area contributed by atoms with Crippen LogP contribution in [0.4, 0.5) is 4.39 Å². The van der Waals surface area contributed by atoms with Crippen LogP contribution < -0.4 is 5.56 Å². The molecule has 4 nitrogen and oxygen atoms in total. The van der Waals surface area contributed by atoms with E-state index in [4.69, 9.17) is 5.26 Å². The highest BCUT2D eigenvalue weighted by Gasteiger charge is 2.09. The van der Waals surface area contributed by atoms with Crippen molar-refractivity contribution in [2.24, 2.45) is 0 Å². The van der Waals surface area contributed by atoms with Crippen molar-refractivity contribution in [3.8, 4) is 17.2 Å². The number of nitrogens with one attached hydrogen (secondary N) is 2. The highest BCUT2D eigenvalue weighted by Crippen LogP contribution is 2.19. The third kappa shape index (κ3) is 1.53. The van der Waals surface area contributed by atoms with E-state index in [1.54, 1.807) is 0 Å². The Morgan fingerprint density at radius 2 is 2.13 bits per heavy atom. The van der Waals surface area contributed by atoms with Crippen LogP contribution >= 0.6 is 0 Å².